The van der Waals surface area contributed by atoms with Crippen molar-refractivity contribution in [1.82, 2.24) is 5.16 Å². The molecule has 0 spiro atoms. The van der Waals surface area contributed by atoms with Crippen LogP contribution in [0.3, 0.4) is 0 Å². The molecular formula is C12H10ClNO6. The third-order valence-corrected chi connectivity index (χ3v) is 2.93. The highest BCUT2D eigenvalue weighted by Gasteiger charge is 2.23. The van der Waals surface area contributed by atoms with Gasteiger partial charge >= 0.3 is 5.97 Å². The predicted molar refractivity (Wildman–Crippen MR) is 68.7 cm³/mol. The van der Waals surface area contributed by atoms with Gasteiger partial charge in [-0.3, -0.25) is 0 Å². The molecule has 0 bridgehead atoms. The standard InChI is InChI=1S/C12H10ClNO6/c1-18-8-4-6(15)9(10(13)11(8)19-2)7-3-5(12(16)17)14-20-7/h3-4,15H,1-2H3,(H,16,17). The molecule has 0 aliphatic rings. The van der Waals surface area contributed by atoms with Crippen LogP contribution >= 0.6 is 11.6 Å². The van der Waals surface area contributed by atoms with E-state index in [1.807, 2.05) is 0 Å². The Morgan fingerprint density at radius 1 is 1.35 bits per heavy atom. The first-order valence-electron chi connectivity index (χ1n) is 5.33. The van der Waals surface area contributed by atoms with E-state index in [9.17, 15) is 9.90 Å². The van der Waals surface area contributed by atoms with Crippen LogP contribution in [-0.2, 0) is 0 Å². The number of hydrogen-bond donors (Lipinski definition) is 2. The van der Waals surface area contributed by atoms with Crippen molar-refractivity contribution >= 4 is 17.6 Å². The zero-order chi connectivity index (χ0) is 14.9. The van der Waals surface area contributed by atoms with Gasteiger partial charge in [-0.1, -0.05) is 16.8 Å². The van der Waals surface area contributed by atoms with Gasteiger partial charge < -0.3 is 24.2 Å². The number of ether oxygens (including phenoxy) is 2. The van der Waals surface area contributed by atoms with E-state index in [0.717, 1.165) is 6.07 Å². The Morgan fingerprint density at radius 3 is 2.55 bits per heavy atom. The fourth-order valence-electron chi connectivity index (χ4n) is 1.67. The molecule has 1 aromatic carbocycles. The number of aromatic hydroxyl groups is 1. The van der Waals surface area contributed by atoms with Gasteiger partial charge in [-0.05, 0) is 0 Å². The Morgan fingerprint density at radius 2 is 2.05 bits per heavy atom. The first-order chi connectivity index (χ1) is 9.49. The monoisotopic (exact) mass is 299 g/mol. The number of carboxylic acid groups (broad SMARTS) is 1. The topological polar surface area (TPSA) is 102 Å². The number of carboxylic acids is 1. The highest BCUT2D eigenvalue weighted by Crippen LogP contribution is 2.47. The summed E-state index contributed by atoms with van der Waals surface area (Å²) in [4.78, 5) is 10.8. The predicted octanol–water partition coefficient (Wildman–Crippen LogP) is 2.42. The summed E-state index contributed by atoms with van der Waals surface area (Å²) in [6.45, 7) is 0. The van der Waals surface area contributed by atoms with Crippen molar-refractivity contribution in [2.75, 3.05) is 14.2 Å². The molecule has 0 aliphatic heterocycles. The van der Waals surface area contributed by atoms with Crippen molar-refractivity contribution in [2.45, 2.75) is 0 Å². The molecule has 0 radical (unpaired) electrons. The van der Waals surface area contributed by atoms with Crippen LogP contribution in [-0.4, -0.2) is 35.6 Å². The maximum absolute atomic E-state index is 10.8. The minimum Gasteiger partial charge on any atom is -0.507 e. The van der Waals surface area contributed by atoms with E-state index in [4.69, 9.17) is 30.7 Å². The number of halogens is 1. The van der Waals surface area contributed by atoms with Crippen LogP contribution in [0.1, 0.15) is 10.5 Å². The Bertz CT molecular complexity index is 666. The van der Waals surface area contributed by atoms with Crippen LogP contribution in [0.25, 0.3) is 11.3 Å². The molecule has 2 rings (SSSR count). The Kier molecular flexibility index (Phi) is 3.71. The second-order valence-corrected chi connectivity index (χ2v) is 4.08. The summed E-state index contributed by atoms with van der Waals surface area (Å²) in [5, 5.41) is 22.2. The van der Waals surface area contributed by atoms with Crippen LogP contribution in [0, 0.1) is 0 Å². The fraction of sp³-hybridized carbons (Fsp3) is 0.167. The molecule has 2 aromatic rings. The Hall–Kier alpha value is -2.41. The van der Waals surface area contributed by atoms with Gasteiger partial charge in [0.15, 0.2) is 23.0 Å². The fourth-order valence-corrected chi connectivity index (χ4v) is 2.03. The summed E-state index contributed by atoms with van der Waals surface area (Å²) in [6, 6.07) is 2.43. The number of phenols is 1. The lowest BCUT2D eigenvalue weighted by molar-refractivity contribution is 0.0686. The van der Waals surface area contributed by atoms with Gasteiger partial charge in [0.2, 0.25) is 0 Å². The highest BCUT2D eigenvalue weighted by molar-refractivity contribution is 6.35. The van der Waals surface area contributed by atoms with Gasteiger partial charge in [-0.2, -0.15) is 0 Å². The number of phenolic OH excluding ortho intramolecular Hbond substituents is 1. The molecular weight excluding hydrogens is 290 g/mol. The van der Waals surface area contributed by atoms with Gasteiger partial charge in [0.05, 0.1) is 19.8 Å². The number of aromatic carboxylic acids is 1. The van der Waals surface area contributed by atoms with Gasteiger partial charge in [-0.25, -0.2) is 4.79 Å². The zero-order valence-electron chi connectivity index (χ0n) is 10.5. The van der Waals surface area contributed by atoms with Crippen molar-refractivity contribution in [3.63, 3.8) is 0 Å². The average molecular weight is 300 g/mol. The van der Waals surface area contributed by atoms with Crippen molar-refractivity contribution in [3.8, 4) is 28.6 Å². The SMILES string of the molecule is COc1cc(O)c(-c2cc(C(=O)O)no2)c(Cl)c1OC. The summed E-state index contributed by atoms with van der Waals surface area (Å²) in [5.41, 5.74) is -0.227. The molecule has 0 amide bonds. The second kappa shape index (κ2) is 5.30. The van der Waals surface area contributed by atoms with E-state index in [0.29, 0.717) is 0 Å². The number of benzene rings is 1. The number of hydrogen-bond acceptors (Lipinski definition) is 6. The normalized spacial score (nSPS) is 10.3. The molecule has 0 saturated carbocycles. The molecule has 1 heterocycles. The minimum absolute atomic E-state index is 0.00542. The molecule has 1 aromatic heterocycles. The van der Waals surface area contributed by atoms with Crippen LogP contribution in [0.2, 0.25) is 5.02 Å². The molecule has 2 N–H and O–H groups in total. The Labute approximate surface area is 118 Å². The van der Waals surface area contributed by atoms with E-state index in [2.05, 4.69) is 5.16 Å². The van der Waals surface area contributed by atoms with Gasteiger partial charge in [0.1, 0.15) is 10.8 Å². The summed E-state index contributed by atoms with van der Waals surface area (Å²) in [6.07, 6.45) is 0. The van der Waals surface area contributed by atoms with Crippen LogP contribution in [0.4, 0.5) is 0 Å². The molecule has 0 fully saturated rings. The largest absolute Gasteiger partial charge is 0.507 e. The quantitative estimate of drug-likeness (QED) is 0.893. The first kappa shape index (κ1) is 14.0. The van der Waals surface area contributed by atoms with E-state index in [-0.39, 0.29) is 39.3 Å². The molecule has 106 valence electrons. The third kappa shape index (κ3) is 2.23. The summed E-state index contributed by atoms with van der Waals surface area (Å²) in [5.74, 6) is -1.07. The van der Waals surface area contributed by atoms with E-state index >= 15 is 0 Å². The van der Waals surface area contributed by atoms with Gasteiger partial charge in [0.25, 0.3) is 0 Å². The van der Waals surface area contributed by atoms with Gasteiger partial charge in [0, 0.05) is 12.1 Å². The molecule has 0 aliphatic carbocycles. The summed E-state index contributed by atoms with van der Waals surface area (Å²) in [7, 11) is 2.78. The molecule has 0 unspecified atom stereocenters. The van der Waals surface area contributed by atoms with Crippen molar-refractivity contribution in [2.24, 2.45) is 0 Å². The van der Waals surface area contributed by atoms with Crippen molar-refractivity contribution < 1.29 is 29.0 Å². The van der Waals surface area contributed by atoms with Gasteiger partial charge in [-0.15, -0.1) is 0 Å². The lowest BCUT2D eigenvalue weighted by Gasteiger charge is -2.12. The van der Waals surface area contributed by atoms with Crippen molar-refractivity contribution in [3.05, 3.63) is 22.8 Å². The number of aromatic nitrogens is 1. The Balaban J connectivity index is 2.64. The van der Waals surface area contributed by atoms with E-state index < -0.39 is 5.97 Å². The maximum Gasteiger partial charge on any atom is 0.358 e. The number of methoxy groups -OCH3 is 2. The minimum atomic E-state index is -1.25. The van der Waals surface area contributed by atoms with Crippen LogP contribution in [0.5, 0.6) is 17.2 Å². The first-order valence-corrected chi connectivity index (χ1v) is 5.71. The molecule has 20 heavy (non-hydrogen) atoms. The van der Waals surface area contributed by atoms with Crippen LogP contribution < -0.4 is 9.47 Å². The molecule has 0 atom stereocenters. The highest BCUT2D eigenvalue weighted by atomic mass is 35.5. The smallest absolute Gasteiger partial charge is 0.358 e. The third-order valence-electron chi connectivity index (χ3n) is 2.57. The van der Waals surface area contributed by atoms with E-state index in [1.165, 1.54) is 20.3 Å². The summed E-state index contributed by atoms with van der Waals surface area (Å²) >= 11 is 6.12. The number of nitrogens with zero attached hydrogens (tertiary/aromatic N) is 1. The number of rotatable bonds is 4. The van der Waals surface area contributed by atoms with Crippen molar-refractivity contribution in [1.29, 1.82) is 0 Å². The molecule has 8 heteroatoms. The second-order valence-electron chi connectivity index (χ2n) is 3.70. The van der Waals surface area contributed by atoms with Crippen LogP contribution in [0.15, 0.2) is 16.7 Å². The molecule has 0 saturated heterocycles. The average Bonchev–Trinajstić information content (AvgIpc) is 2.87. The zero-order valence-corrected chi connectivity index (χ0v) is 11.3. The summed E-state index contributed by atoms with van der Waals surface area (Å²) < 4.78 is 15.0. The van der Waals surface area contributed by atoms with E-state index in [1.54, 1.807) is 0 Å². The maximum atomic E-state index is 10.8. The molecule has 7 nitrogen and oxygen atoms in total. The lowest BCUT2D eigenvalue weighted by Crippen LogP contribution is -1.95. The number of carbonyl (C=O) groups is 1. The lowest BCUT2D eigenvalue weighted by atomic mass is 10.1.